The number of hydrogen-bond donors (Lipinski definition) is 2. The lowest BCUT2D eigenvalue weighted by Crippen LogP contribution is -2.27. The van der Waals surface area contributed by atoms with Crippen molar-refractivity contribution in [2.75, 3.05) is 6.54 Å². The molecule has 108 valence electrons. The fraction of sp³-hybridized carbons (Fsp3) is 0.667. The fourth-order valence-corrected chi connectivity index (χ4v) is 2.93. The summed E-state index contributed by atoms with van der Waals surface area (Å²) in [6.07, 6.45) is 6.99. The second kappa shape index (κ2) is 9.98. The predicted octanol–water partition coefficient (Wildman–Crippen LogP) is 3.61. The lowest BCUT2D eigenvalue weighted by molar-refractivity contribution is -0.122. The van der Waals surface area contributed by atoms with E-state index in [4.69, 9.17) is 5.73 Å². The number of carbonyl (C=O) groups is 1. The first-order chi connectivity index (χ1) is 9.27. The molecule has 0 spiro atoms. The molecule has 0 aromatic carbocycles. The van der Waals surface area contributed by atoms with Crippen LogP contribution in [0.15, 0.2) is 17.5 Å². The van der Waals surface area contributed by atoms with E-state index < -0.39 is 0 Å². The molecule has 0 saturated carbocycles. The number of nitrogens with one attached hydrogen (secondary N) is 1. The average molecular weight is 282 g/mol. The number of thiophene rings is 1. The molecule has 4 heteroatoms. The third-order valence-corrected chi connectivity index (χ3v) is 4.14. The van der Waals surface area contributed by atoms with Gasteiger partial charge in [-0.1, -0.05) is 32.3 Å². The van der Waals surface area contributed by atoms with E-state index in [0.717, 1.165) is 45.1 Å². The van der Waals surface area contributed by atoms with E-state index in [1.165, 1.54) is 4.88 Å². The van der Waals surface area contributed by atoms with Crippen LogP contribution in [-0.4, -0.2) is 12.5 Å². The van der Waals surface area contributed by atoms with Gasteiger partial charge in [0, 0.05) is 11.3 Å². The minimum absolute atomic E-state index is 0.180. The summed E-state index contributed by atoms with van der Waals surface area (Å²) in [6, 6.07) is 4.34. The second-order valence-electron chi connectivity index (χ2n) is 4.88. The third kappa shape index (κ3) is 6.73. The Kier molecular flexibility index (Phi) is 8.50. The van der Waals surface area contributed by atoms with E-state index in [9.17, 15) is 4.79 Å². The smallest absolute Gasteiger partial charge is 0.220 e. The van der Waals surface area contributed by atoms with Crippen molar-refractivity contribution in [3.05, 3.63) is 22.4 Å². The fourth-order valence-electron chi connectivity index (χ4n) is 2.11. The van der Waals surface area contributed by atoms with Crippen LogP contribution < -0.4 is 11.1 Å². The highest BCUT2D eigenvalue weighted by Gasteiger charge is 2.14. The third-order valence-electron chi connectivity index (χ3n) is 3.16. The summed E-state index contributed by atoms with van der Waals surface area (Å²) in [5.41, 5.74) is 5.45. The van der Waals surface area contributed by atoms with Gasteiger partial charge < -0.3 is 11.1 Å². The molecule has 1 atom stereocenters. The van der Waals surface area contributed by atoms with Crippen LogP contribution in [0.4, 0.5) is 0 Å². The van der Waals surface area contributed by atoms with Crippen LogP contribution in [0.1, 0.15) is 62.8 Å². The molecule has 1 unspecified atom stereocenters. The maximum absolute atomic E-state index is 11.9. The van der Waals surface area contributed by atoms with Gasteiger partial charge >= 0.3 is 0 Å². The van der Waals surface area contributed by atoms with Crippen LogP contribution in [0.3, 0.4) is 0 Å². The van der Waals surface area contributed by atoms with Crippen LogP contribution in [-0.2, 0) is 4.79 Å². The lowest BCUT2D eigenvalue weighted by Gasteiger charge is -2.16. The molecule has 1 amide bonds. The van der Waals surface area contributed by atoms with Crippen LogP contribution in [0.5, 0.6) is 0 Å². The van der Waals surface area contributed by atoms with E-state index in [0.29, 0.717) is 6.42 Å². The maximum Gasteiger partial charge on any atom is 0.220 e. The minimum Gasteiger partial charge on any atom is -0.348 e. The molecule has 0 aliphatic carbocycles. The highest BCUT2D eigenvalue weighted by atomic mass is 32.1. The Morgan fingerprint density at radius 1 is 1.37 bits per heavy atom. The molecule has 1 aromatic rings. The zero-order valence-electron chi connectivity index (χ0n) is 11.9. The zero-order chi connectivity index (χ0) is 13.9. The number of carbonyl (C=O) groups excluding carboxylic acids is 1. The Balaban J connectivity index is 2.28. The molecule has 0 fully saturated rings. The number of rotatable bonds is 10. The highest BCUT2D eigenvalue weighted by molar-refractivity contribution is 7.10. The van der Waals surface area contributed by atoms with Gasteiger partial charge in [0.1, 0.15) is 0 Å². The van der Waals surface area contributed by atoms with Gasteiger partial charge in [-0.2, -0.15) is 0 Å². The van der Waals surface area contributed by atoms with Gasteiger partial charge in [-0.05, 0) is 37.3 Å². The minimum atomic E-state index is 0.180. The Bertz CT molecular complexity index is 338. The SMILES string of the molecule is CCCC(NC(=O)CCCCCCN)c1cccs1. The molecule has 1 rings (SSSR count). The first-order valence-electron chi connectivity index (χ1n) is 7.30. The van der Waals surface area contributed by atoms with Gasteiger partial charge in [-0.25, -0.2) is 0 Å². The number of nitrogens with two attached hydrogens (primary N) is 1. The van der Waals surface area contributed by atoms with Crippen molar-refractivity contribution in [3.8, 4) is 0 Å². The number of hydrogen-bond acceptors (Lipinski definition) is 3. The van der Waals surface area contributed by atoms with Gasteiger partial charge in [0.25, 0.3) is 0 Å². The summed E-state index contributed by atoms with van der Waals surface area (Å²) in [5.74, 6) is 0.180. The van der Waals surface area contributed by atoms with Crippen molar-refractivity contribution in [2.45, 2.75) is 57.9 Å². The highest BCUT2D eigenvalue weighted by Crippen LogP contribution is 2.23. The Morgan fingerprint density at radius 2 is 2.16 bits per heavy atom. The van der Waals surface area contributed by atoms with Gasteiger partial charge in [0.15, 0.2) is 0 Å². The first-order valence-corrected chi connectivity index (χ1v) is 8.18. The molecule has 3 N–H and O–H groups in total. The summed E-state index contributed by atoms with van der Waals surface area (Å²) in [4.78, 5) is 13.2. The van der Waals surface area contributed by atoms with Gasteiger partial charge in [-0.3, -0.25) is 4.79 Å². The molecule has 19 heavy (non-hydrogen) atoms. The van der Waals surface area contributed by atoms with E-state index in [1.54, 1.807) is 11.3 Å². The van der Waals surface area contributed by atoms with Crippen molar-refractivity contribution in [1.82, 2.24) is 5.32 Å². The predicted molar refractivity (Wildman–Crippen MR) is 82.3 cm³/mol. The van der Waals surface area contributed by atoms with E-state index >= 15 is 0 Å². The molecule has 0 saturated heterocycles. The topological polar surface area (TPSA) is 55.1 Å². The average Bonchev–Trinajstić information content (AvgIpc) is 2.92. The standard InChI is InChI=1S/C15H26N2OS/c1-2-8-13(14-9-7-12-19-14)17-15(18)10-5-3-4-6-11-16/h7,9,12-13H,2-6,8,10-11,16H2,1H3,(H,17,18). The van der Waals surface area contributed by atoms with Crippen molar-refractivity contribution in [2.24, 2.45) is 5.73 Å². The van der Waals surface area contributed by atoms with Crippen LogP contribution in [0, 0.1) is 0 Å². The van der Waals surface area contributed by atoms with Crippen LogP contribution >= 0.6 is 11.3 Å². The molecule has 1 aromatic heterocycles. The number of unbranched alkanes of at least 4 members (excludes halogenated alkanes) is 3. The van der Waals surface area contributed by atoms with E-state index in [2.05, 4.69) is 23.7 Å². The van der Waals surface area contributed by atoms with Gasteiger partial charge in [-0.15, -0.1) is 11.3 Å². The van der Waals surface area contributed by atoms with Crippen molar-refractivity contribution in [1.29, 1.82) is 0 Å². The lowest BCUT2D eigenvalue weighted by atomic mass is 10.1. The summed E-state index contributed by atoms with van der Waals surface area (Å²) in [6.45, 7) is 2.91. The quantitative estimate of drug-likeness (QED) is 0.644. The van der Waals surface area contributed by atoms with Gasteiger partial charge in [0.05, 0.1) is 6.04 Å². The molecule has 1 heterocycles. The Labute approximate surface area is 120 Å². The first kappa shape index (κ1) is 16.2. The zero-order valence-corrected chi connectivity index (χ0v) is 12.7. The van der Waals surface area contributed by atoms with Crippen molar-refractivity contribution < 1.29 is 4.79 Å². The van der Waals surface area contributed by atoms with Crippen molar-refractivity contribution in [3.63, 3.8) is 0 Å². The normalized spacial score (nSPS) is 12.3. The van der Waals surface area contributed by atoms with Crippen molar-refractivity contribution >= 4 is 17.2 Å². The summed E-state index contributed by atoms with van der Waals surface area (Å²) < 4.78 is 0. The van der Waals surface area contributed by atoms with E-state index in [-0.39, 0.29) is 11.9 Å². The molecule has 0 radical (unpaired) electrons. The van der Waals surface area contributed by atoms with Crippen LogP contribution in [0.2, 0.25) is 0 Å². The Hall–Kier alpha value is -0.870. The number of amides is 1. The molecule has 0 bridgehead atoms. The Morgan fingerprint density at radius 3 is 2.79 bits per heavy atom. The summed E-state index contributed by atoms with van der Waals surface area (Å²) in [7, 11) is 0. The maximum atomic E-state index is 11.9. The molecule has 3 nitrogen and oxygen atoms in total. The summed E-state index contributed by atoms with van der Waals surface area (Å²) >= 11 is 1.72. The van der Waals surface area contributed by atoms with E-state index in [1.807, 2.05) is 6.07 Å². The molecule has 0 aliphatic rings. The molecular formula is C15H26N2OS. The monoisotopic (exact) mass is 282 g/mol. The summed E-state index contributed by atoms with van der Waals surface area (Å²) in [5, 5.41) is 5.22. The second-order valence-corrected chi connectivity index (χ2v) is 5.86. The molecular weight excluding hydrogens is 256 g/mol. The van der Waals surface area contributed by atoms with Gasteiger partial charge in [0.2, 0.25) is 5.91 Å². The largest absolute Gasteiger partial charge is 0.348 e. The molecule has 0 aliphatic heterocycles. The van der Waals surface area contributed by atoms with Crippen LogP contribution in [0.25, 0.3) is 0 Å².